The number of nitrogens with zero attached hydrogens (tertiary/aromatic N) is 2. The lowest BCUT2D eigenvalue weighted by Crippen LogP contribution is -2.42. The summed E-state index contributed by atoms with van der Waals surface area (Å²) in [6, 6.07) is 20.8. The van der Waals surface area contributed by atoms with Crippen LogP contribution < -0.4 is 16.6 Å². The molecule has 0 aliphatic carbocycles. The number of hydrogen-bond donors (Lipinski definition) is 1. The highest BCUT2D eigenvalue weighted by molar-refractivity contribution is 9.10. The predicted octanol–water partition coefficient (Wildman–Crippen LogP) is 4.27. The van der Waals surface area contributed by atoms with Crippen LogP contribution in [0.1, 0.15) is 5.56 Å². The summed E-state index contributed by atoms with van der Waals surface area (Å²) in [5, 5.41) is 3.71. The van der Waals surface area contributed by atoms with Gasteiger partial charge in [0.05, 0.1) is 17.4 Å². The molecule has 0 unspecified atom stereocenters. The van der Waals surface area contributed by atoms with E-state index in [0.29, 0.717) is 21.6 Å². The molecule has 1 aromatic heterocycles. The molecular weight excluding hydrogens is 482 g/mol. The van der Waals surface area contributed by atoms with Gasteiger partial charge < -0.3 is 5.32 Å². The number of anilines is 1. The Balaban J connectivity index is 1.74. The highest BCUT2D eigenvalue weighted by Crippen LogP contribution is 2.15. The first-order valence-corrected chi connectivity index (χ1v) is 10.6. The fourth-order valence-electron chi connectivity index (χ4n) is 3.31. The quantitative estimate of drug-likeness (QED) is 0.447. The summed E-state index contributed by atoms with van der Waals surface area (Å²) in [6.45, 7) is -0.149. The number of para-hydroxylation sites is 1. The summed E-state index contributed by atoms with van der Waals surface area (Å²) in [5.41, 5.74) is 0.824. The minimum absolute atomic E-state index is 0.0774. The zero-order valence-corrected chi connectivity index (χ0v) is 18.6. The molecule has 1 amide bonds. The molecular formula is C23H17BrClN3O3. The van der Waals surface area contributed by atoms with Crippen molar-refractivity contribution in [1.82, 2.24) is 9.13 Å². The molecule has 156 valence electrons. The molecule has 6 nitrogen and oxygen atoms in total. The maximum Gasteiger partial charge on any atom is 0.332 e. The van der Waals surface area contributed by atoms with Crippen LogP contribution in [0, 0.1) is 0 Å². The third-order valence-corrected chi connectivity index (χ3v) is 5.60. The molecule has 0 radical (unpaired) electrons. The number of carbonyl (C=O) groups excluding carboxylic acids is 1. The molecule has 0 saturated heterocycles. The molecule has 0 aliphatic heterocycles. The highest BCUT2D eigenvalue weighted by Gasteiger charge is 2.15. The molecule has 4 aromatic rings. The number of amides is 1. The van der Waals surface area contributed by atoms with Crippen molar-refractivity contribution in [3.63, 3.8) is 0 Å². The number of aromatic nitrogens is 2. The molecule has 31 heavy (non-hydrogen) atoms. The van der Waals surface area contributed by atoms with Crippen LogP contribution in [0.15, 0.2) is 86.9 Å². The van der Waals surface area contributed by atoms with Crippen LogP contribution in [-0.2, 0) is 17.9 Å². The standard InChI is InChI=1S/C23H17BrClN3O3/c24-16-7-11-18(12-8-16)26-21(29)14-27-20-4-2-1-3-19(20)22(30)28(23(27)31)13-15-5-9-17(25)10-6-15/h1-12H,13-14H2,(H,26,29). The highest BCUT2D eigenvalue weighted by atomic mass is 79.9. The second-order valence-electron chi connectivity index (χ2n) is 6.96. The van der Waals surface area contributed by atoms with Crippen molar-refractivity contribution in [1.29, 1.82) is 0 Å². The zero-order valence-electron chi connectivity index (χ0n) is 16.2. The zero-order chi connectivity index (χ0) is 22.0. The Labute approximate surface area is 190 Å². The first kappa shape index (κ1) is 21.1. The van der Waals surface area contributed by atoms with Crippen LogP contribution in [0.2, 0.25) is 5.02 Å². The van der Waals surface area contributed by atoms with Crippen molar-refractivity contribution in [3.8, 4) is 0 Å². The summed E-state index contributed by atoms with van der Waals surface area (Å²) in [7, 11) is 0. The van der Waals surface area contributed by atoms with E-state index in [4.69, 9.17) is 11.6 Å². The van der Waals surface area contributed by atoms with Crippen molar-refractivity contribution in [2.45, 2.75) is 13.1 Å². The number of halogens is 2. The second-order valence-corrected chi connectivity index (χ2v) is 8.31. The average Bonchev–Trinajstić information content (AvgIpc) is 2.77. The van der Waals surface area contributed by atoms with Gasteiger partial charge in [-0.2, -0.15) is 0 Å². The Morgan fingerprint density at radius 3 is 2.29 bits per heavy atom. The molecule has 0 bridgehead atoms. The molecule has 4 rings (SSSR count). The van der Waals surface area contributed by atoms with Gasteiger partial charge in [0.25, 0.3) is 5.56 Å². The van der Waals surface area contributed by atoms with Gasteiger partial charge in [0, 0.05) is 15.2 Å². The van der Waals surface area contributed by atoms with Gasteiger partial charge in [-0.25, -0.2) is 4.79 Å². The normalized spacial score (nSPS) is 10.9. The fraction of sp³-hybridized carbons (Fsp3) is 0.0870. The summed E-state index contributed by atoms with van der Waals surface area (Å²) < 4.78 is 3.35. The van der Waals surface area contributed by atoms with Gasteiger partial charge in [-0.1, -0.05) is 51.8 Å². The number of carbonyl (C=O) groups is 1. The van der Waals surface area contributed by atoms with Crippen molar-refractivity contribution in [3.05, 3.63) is 109 Å². The van der Waals surface area contributed by atoms with Gasteiger partial charge >= 0.3 is 5.69 Å². The Bertz CT molecular complexity index is 1380. The van der Waals surface area contributed by atoms with E-state index in [0.717, 1.165) is 14.6 Å². The smallest absolute Gasteiger partial charge is 0.325 e. The number of hydrogen-bond acceptors (Lipinski definition) is 3. The molecule has 0 saturated carbocycles. The van der Waals surface area contributed by atoms with E-state index in [2.05, 4.69) is 21.2 Å². The van der Waals surface area contributed by atoms with E-state index in [-0.39, 0.29) is 19.0 Å². The maximum absolute atomic E-state index is 13.2. The van der Waals surface area contributed by atoms with Crippen molar-refractivity contribution in [2.75, 3.05) is 5.32 Å². The fourth-order valence-corrected chi connectivity index (χ4v) is 3.70. The van der Waals surface area contributed by atoms with E-state index >= 15 is 0 Å². The second kappa shape index (κ2) is 8.91. The Morgan fingerprint density at radius 2 is 1.58 bits per heavy atom. The number of rotatable bonds is 5. The third kappa shape index (κ3) is 4.62. The van der Waals surface area contributed by atoms with Gasteiger partial charge in [0.15, 0.2) is 0 Å². The van der Waals surface area contributed by atoms with Crippen LogP contribution in [0.3, 0.4) is 0 Å². The number of nitrogens with one attached hydrogen (secondary N) is 1. The third-order valence-electron chi connectivity index (χ3n) is 4.82. The molecule has 0 spiro atoms. The first-order chi connectivity index (χ1) is 14.9. The lowest BCUT2D eigenvalue weighted by molar-refractivity contribution is -0.116. The lowest BCUT2D eigenvalue weighted by atomic mass is 10.2. The molecule has 8 heteroatoms. The largest absolute Gasteiger partial charge is 0.332 e. The maximum atomic E-state index is 13.2. The predicted molar refractivity (Wildman–Crippen MR) is 126 cm³/mol. The SMILES string of the molecule is O=C(Cn1c(=O)n(Cc2ccc(Cl)cc2)c(=O)c2ccccc21)Nc1ccc(Br)cc1. The van der Waals surface area contributed by atoms with Gasteiger partial charge in [0.1, 0.15) is 6.54 Å². The Kier molecular flexibility index (Phi) is 6.06. The Hall–Kier alpha value is -3.16. The van der Waals surface area contributed by atoms with E-state index < -0.39 is 11.2 Å². The van der Waals surface area contributed by atoms with Gasteiger partial charge in [-0.15, -0.1) is 0 Å². The summed E-state index contributed by atoms with van der Waals surface area (Å²) in [4.78, 5) is 38.9. The van der Waals surface area contributed by atoms with Crippen LogP contribution in [0.5, 0.6) is 0 Å². The van der Waals surface area contributed by atoms with Gasteiger partial charge in [0.2, 0.25) is 5.91 Å². The molecule has 1 N–H and O–H groups in total. The summed E-state index contributed by atoms with van der Waals surface area (Å²) in [6.07, 6.45) is 0. The first-order valence-electron chi connectivity index (χ1n) is 9.44. The molecule has 0 atom stereocenters. The van der Waals surface area contributed by atoms with E-state index in [1.54, 1.807) is 60.7 Å². The number of benzene rings is 3. The summed E-state index contributed by atoms with van der Waals surface area (Å²) in [5.74, 6) is -0.369. The van der Waals surface area contributed by atoms with E-state index in [1.165, 1.54) is 4.57 Å². The Morgan fingerprint density at radius 1 is 0.903 bits per heavy atom. The minimum Gasteiger partial charge on any atom is -0.325 e. The van der Waals surface area contributed by atoms with Crippen molar-refractivity contribution >= 4 is 50.0 Å². The van der Waals surface area contributed by atoms with Crippen molar-refractivity contribution < 1.29 is 4.79 Å². The van der Waals surface area contributed by atoms with E-state index in [9.17, 15) is 14.4 Å². The topological polar surface area (TPSA) is 73.1 Å². The lowest BCUT2D eigenvalue weighted by Gasteiger charge is -2.14. The van der Waals surface area contributed by atoms with Crippen LogP contribution in [0.4, 0.5) is 5.69 Å². The van der Waals surface area contributed by atoms with Crippen LogP contribution in [-0.4, -0.2) is 15.0 Å². The minimum atomic E-state index is -0.551. The van der Waals surface area contributed by atoms with Crippen molar-refractivity contribution in [2.24, 2.45) is 0 Å². The van der Waals surface area contributed by atoms with E-state index in [1.807, 2.05) is 12.1 Å². The van der Waals surface area contributed by atoms with Crippen LogP contribution in [0.25, 0.3) is 10.9 Å². The molecule has 0 fully saturated rings. The van der Waals surface area contributed by atoms with Crippen LogP contribution >= 0.6 is 27.5 Å². The summed E-state index contributed by atoms with van der Waals surface area (Å²) >= 11 is 9.28. The van der Waals surface area contributed by atoms with Gasteiger partial charge in [-0.3, -0.25) is 18.7 Å². The molecule has 3 aromatic carbocycles. The number of fused-ring (bicyclic) bond motifs is 1. The monoisotopic (exact) mass is 497 g/mol. The molecule has 0 aliphatic rings. The molecule has 1 heterocycles. The average molecular weight is 499 g/mol. The van der Waals surface area contributed by atoms with Gasteiger partial charge in [-0.05, 0) is 54.1 Å².